The van der Waals surface area contributed by atoms with Gasteiger partial charge in [-0.3, -0.25) is 0 Å². The van der Waals surface area contributed by atoms with Crippen molar-refractivity contribution in [3.63, 3.8) is 0 Å². The van der Waals surface area contributed by atoms with Crippen LogP contribution in [0.2, 0.25) is 0 Å². The number of nitrogens with zero attached hydrogens (tertiary/aromatic N) is 7. The van der Waals surface area contributed by atoms with E-state index in [1.807, 2.05) is 16.3 Å². The van der Waals surface area contributed by atoms with Crippen LogP contribution in [0.4, 0.5) is 0 Å². The molecule has 2 aromatic heterocycles. The predicted octanol–water partition coefficient (Wildman–Crippen LogP) is 0.576. The van der Waals surface area contributed by atoms with Gasteiger partial charge in [-0.2, -0.15) is 5.10 Å². The highest BCUT2D eigenvalue weighted by Crippen LogP contribution is 2.18. The maximum absolute atomic E-state index is 4.24. The second-order valence-electron chi connectivity index (χ2n) is 4.22. The van der Waals surface area contributed by atoms with Gasteiger partial charge in [-0.05, 0) is 30.3 Å². The highest BCUT2D eigenvalue weighted by atomic mass is 32.2. The Morgan fingerprint density at radius 1 is 1.25 bits per heavy atom. The van der Waals surface area contributed by atoms with Gasteiger partial charge < -0.3 is 5.32 Å². The molecule has 0 saturated carbocycles. The molecule has 0 unspecified atom stereocenters. The van der Waals surface area contributed by atoms with Gasteiger partial charge in [0.05, 0.1) is 12.3 Å². The maximum atomic E-state index is 4.24. The summed E-state index contributed by atoms with van der Waals surface area (Å²) >= 11 is 1.58. The Balaban J connectivity index is 1.85. The van der Waals surface area contributed by atoms with E-state index < -0.39 is 0 Å². The van der Waals surface area contributed by atoms with Gasteiger partial charge in [-0.25, -0.2) is 14.3 Å². The second kappa shape index (κ2) is 7.95. The van der Waals surface area contributed by atoms with Crippen molar-refractivity contribution in [1.29, 1.82) is 0 Å². The molecule has 0 amide bonds. The molecule has 20 heavy (non-hydrogen) atoms. The molecule has 0 aliphatic heterocycles. The molecule has 8 nitrogen and oxygen atoms in total. The molecule has 9 heteroatoms. The Bertz CT molecular complexity index is 508. The largest absolute Gasteiger partial charge is 0.315 e. The van der Waals surface area contributed by atoms with Crippen LogP contribution in [0.25, 0.3) is 0 Å². The fraction of sp³-hybridized carbons (Fsp3) is 0.727. The molecule has 0 radical (unpaired) electrons. The Labute approximate surface area is 122 Å². The van der Waals surface area contributed by atoms with Crippen molar-refractivity contribution in [2.24, 2.45) is 0 Å². The van der Waals surface area contributed by atoms with Crippen LogP contribution in [-0.2, 0) is 18.8 Å². The minimum atomic E-state index is 0.719. The molecule has 0 saturated heterocycles. The summed E-state index contributed by atoms with van der Waals surface area (Å²) in [6.45, 7) is 7.68. The molecule has 0 aliphatic rings. The summed E-state index contributed by atoms with van der Waals surface area (Å²) in [6, 6.07) is 0. The third-order valence-electron chi connectivity index (χ3n) is 2.75. The van der Waals surface area contributed by atoms with Crippen LogP contribution in [0.3, 0.4) is 0 Å². The van der Waals surface area contributed by atoms with Crippen molar-refractivity contribution in [3.05, 3.63) is 12.2 Å². The van der Waals surface area contributed by atoms with E-state index in [1.54, 1.807) is 18.1 Å². The van der Waals surface area contributed by atoms with Crippen molar-refractivity contribution < 1.29 is 0 Å². The summed E-state index contributed by atoms with van der Waals surface area (Å²) < 4.78 is 3.70. The molecule has 2 heterocycles. The first kappa shape index (κ1) is 14.9. The Hall–Kier alpha value is -1.48. The van der Waals surface area contributed by atoms with Gasteiger partial charge >= 0.3 is 0 Å². The van der Waals surface area contributed by atoms with E-state index in [0.29, 0.717) is 0 Å². The highest BCUT2D eigenvalue weighted by molar-refractivity contribution is 7.98. The standard InChI is InChI=1S/C11H20N8S/c1-3-5-12-6-7-19-11(15-16-17-19)20-8-10-13-9-14-18(10)4-2/h9,12H,3-8H2,1-2H3. The minimum absolute atomic E-state index is 0.719. The molecule has 110 valence electrons. The average molecular weight is 296 g/mol. The lowest BCUT2D eigenvalue weighted by Gasteiger charge is -2.05. The SMILES string of the molecule is CCCNCCn1nnnc1SCc1ncnn1CC. The van der Waals surface area contributed by atoms with Crippen molar-refractivity contribution in [2.75, 3.05) is 13.1 Å². The third-order valence-corrected chi connectivity index (χ3v) is 3.70. The number of aromatic nitrogens is 7. The van der Waals surface area contributed by atoms with Gasteiger partial charge in [-0.1, -0.05) is 18.7 Å². The van der Waals surface area contributed by atoms with Gasteiger partial charge in [-0.15, -0.1) is 5.10 Å². The summed E-state index contributed by atoms with van der Waals surface area (Å²) in [7, 11) is 0. The monoisotopic (exact) mass is 296 g/mol. The van der Waals surface area contributed by atoms with E-state index in [-0.39, 0.29) is 0 Å². The van der Waals surface area contributed by atoms with E-state index in [1.165, 1.54) is 0 Å². The molecule has 1 N–H and O–H groups in total. The maximum Gasteiger partial charge on any atom is 0.209 e. The smallest absolute Gasteiger partial charge is 0.209 e. The summed E-state index contributed by atoms with van der Waals surface area (Å²) in [5.41, 5.74) is 0. The third kappa shape index (κ3) is 4.01. The molecule has 0 aliphatic carbocycles. The molecule has 2 rings (SSSR count). The molecular weight excluding hydrogens is 276 g/mol. The lowest BCUT2D eigenvalue weighted by Crippen LogP contribution is -2.21. The predicted molar refractivity (Wildman–Crippen MR) is 76.2 cm³/mol. The average Bonchev–Trinajstić information content (AvgIpc) is 3.09. The van der Waals surface area contributed by atoms with Crippen LogP contribution < -0.4 is 5.32 Å². The van der Waals surface area contributed by atoms with Crippen molar-refractivity contribution >= 4 is 11.8 Å². The van der Waals surface area contributed by atoms with Crippen molar-refractivity contribution in [2.45, 2.75) is 44.3 Å². The molecule has 0 atom stereocenters. The Morgan fingerprint density at radius 3 is 2.95 bits per heavy atom. The summed E-state index contributed by atoms with van der Waals surface area (Å²) in [5, 5.41) is 20.1. The van der Waals surface area contributed by atoms with E-state index in [4.69, 9.17) is 0 Å². The van der Waals surface area contributed by atoms with Crippen molar-refractivity contribution in [3.8, 4) is 0 Å². The lowest BCUT2D eigenvalue weighted by atomic mass is 10.5. The van der Waals surface area contributed by atoms with Crippen LogP contribution in [0.5, 0.6) is 0 Å². The molecular formula is C11H20N8S. The highest BCUT2D eigenvalue weighted by Gasteiger charge is 2.09. The molecule has 0 aromatic carbocycles. The summed E-state index contributed by atoms with van der Waals surface area (Å²) in [6.07, 6.45) is 2.71. The van der Waals surface area contributed by atoms with Crippen LogP contribution in [0.1, 0.15) is 26.1 Å². The van der Waals surface area contributed by atoms with E-state index in [0.717, 1.165) is 49.3 Å². The number of aryl methyl sites for hydroxylation is 1. The zero-order chi connectivity index (χ0) is 14.2. The fourth-order valence-electron chi connectivity index (χ4n) is 1.72. The van der Waals surface area contributed by atoms with Gasteiger partial charge in [0.15, 0.2) is 0 Å². The van der Waals surface area contributed by atoms with Crippen LogP contribution in [0.15, 0.2) is 11.5 Å². The normalized spacial score (nSPS) is 11.1. The van der Waals surface area contributed by atoms with Crippen molar-refractivity contribution in [1.82, 2.24) is 40.3 Å². The van der Waals surface area contributed by atoms with Gasteiger partial charge in [0.2, 0.25) is 5.16 Å². The second-order valence-corrected chi connectivity index (χ2v) is 5.16. The number of rotatable bonds is 9. The summed E-state index contributed by atoms with van der Waals surface area (Å²) in [5.74, 6) is 1.66. The van der Waals surface area contributed by atoms with E-state index >= 15 is 0 Å². The zero-order valence-electron chi connectivity index (χ0n) is 11.9. The molecule has 0 bridgehead atoms. The topological polar surface area (TPSA) is 86.3 Å². The number of hydrogen-bond acceptors (Lipinski definition) is 7. The first-order chi connectivity index (χ1) is 9.85. The first-order valence-electron chi connectivity index (χ1n) is 6.81. The Morgan fingerprint density at radius 2 is 2.15 bits per heavy atom. The fourth-order valence-corrected chi connectivity index (χ4v) is 2.57. The minimum Gasteiger partial charge on any atom is -0.315 e. The number of hydrogen-bond donors (Lipinski definition) is 1. The van der Waals surface area contributed by atoms with E-state index in [2.05, 4.69) is 37.8 Å². The first-order valence-corrected chi connectivity index (χ1v) is 7.80. The molecule has 0 spiro atoms. The molecule has 2 aromatic rings. The summed E-state index contributed by atoms with van der Waals surface area (Å²) in [4.78, 5) is 4.24. The lowest BCUT2D eigenvalue weighted by molar-refractivity contribution is 0.510. The number of thioether (sulfide) groups is 1. The van der Waals surface area contributed by atoms with E-state index in [9.17, 15) is 0 Å². The number of tetrazole rings is 1. The van der Waals surface area contributed by atoms with Gasteiger partial charge in [0.1, 0.15) is 12.2 Å². The Kier molecular flexibility index (Phi) is 5.93. The van der Waals surface area contributed by atoms with Gasteiger partial charge in [0, 0.05) is 13.1 Å². The van der Waals surface area contributed by atoms with Crippen LogP contribution in [0, 0.1) is 0 Å². The molecule has 0 fully saturated rings. The van der Waals surface area contributed by atoms with Gasteiger partial charge in [0.25, 0.3) is 0 Å². The zero-order valence-corrected chi connectivity index (χ0v) is 12.7. The van der Waals surface area contributed by atoms with Crippen LogP contribution in [-0.4, -0.2) is 48.1 Å². The number of nitrogens with one attached hydrogen (secondary N) is 1. The van der Waals surface area contributed by atoms with Crippen LogP contribution >= 0.6 is 11.8 Å². The quantitative estimate of drug-likeness (QED) is 0.535.